The van der Waals surface area contributed by atoms with E-state index < -0.39 is 85.1 Å². The fourth-order valence-electron chi connectivity index (χ4n) is 19.6. The highest BCUT2D eigenvalue weighted by Crippen LogP contribution is 2.47. The molecule has 0 bridgehead atoms. The lowest BCUT2D eigenvalue weighted by Gasteiger charge is -2.37. The van der Waals surface area contributed by atoms with E-state index in [4.69, 9.17) is 5.14 Å². The Bertz CT molecular complexity index is 7640. The fraction of sp³-hybridized carbons (Fsp3) is 0.211. The number of hydrogen-bond donors (Lipinski definition) is 10. The van der Waals surface area contributed by atoms with Gasteiger partial charge in [-0.2, -0.15) is 0 Å². The minimum absolute atomic E-state index is 0.00258. The normalized spacial score (nSPS) is 15.9. The zero-order valence-electron chi connectivity index (χ0n) is 79.8. The lowest BCUT2D eigenvalue weighted by molar-refractivity contribution is -0.127. The molecule has 3 saturated heterocycles. The summed E-state index contributed by atoms with van der Waals surface area (Å²) in [6, 6.07) is 63.5. The third-order valence-corrected chi connectivity index (χ3v) is 31.5. The number of sulfonamides is 1. The molecular formula is C109H99F3N18O12S6. The molecule has 0 spiro atoms. The molecule has 4 aromatic heterocycles. The van der Waals surface area contributed by atoms with Crippen LogP contribution in [-0.4, -0.2) is 171 Å². The Hall–Kier alpha value is -15.3. The molecule has 0 saturated carbocycles. The van der Waals surface area contributed by atoms with Crippen LogP contribution in [0.25, 0.3) is 33.4 Å². The third kappa shape index (κ3) is 21.4. The second-order valence-corrected chi connectivity index (χ2v) is 42.0. The van der Waals surface area contributed by atoms with E-state index in [1.54, 1.807) is 89.5 Å². The number of piperazine rings is 2. The number of benzene rings is 11. The van der Waals surface area contributed by atoms with E-state index in [9.17, 15) is 70.2 Å². The van der Waals surface area contributed by atoms with Crippen molar-refractivity contribution in [3.8, 4) is 44.9 Å². The van der Waals surface area contributed by atoms with Crippen LogP contribution in [0.15, 0.2) is 287 Å². The molecule has 30 nitrogen and oxygen atoms in total. The van der Waals surface area contributed by atoms with Crippen molar-refractivity contribution in [3.05, 3.63) is 361 Å². The van der Waals surface area contributed by atoms with Gasteiger partial charge < -0.3 is 55.1 Å². The van der Waals surface area contributed by atoms with E-state index in [0.29, 0.717) is 59.2 Å². The van der Waals surface area contributed by atoms with E-state index in [2.05, 4.69) is 140 Å². The first kappa shape index (κ1) is 101. The molecule has 4 atom stereocenters. The topological polar surface area (TPSA) is 384 Å². The number of carbonyl (C=O) groups excluding carboxylic acids is 8. The van der Waals surface area contributed by atoms with Gasteiger partial charge in [-0.25, -0.2) is 46.7 Å². The summed E-state index contributed by atoms with van der Waals surface area (Å²) in [7, 11) is -4.36. The third-order valence-electron chi connectivity index (χ3n) is 27.4. The molecule has 754 valence electrons. The van der Waals surface area contributed by atoms with Crippen molar-refractivity contribution in [2.45, 2.75) is 92.2 Å². The lowest BCUT2D eigenvalue weighted by atomic mass is 9.88. The zero-order valence-corrected chi connectivity index (χ0v) is 84.8. The molecule has 3 fully saturated rings. The number of nitrogens with two attached hydrogens (primary N) is 1. The Balaban J connectivity index is 0.000000125. The standard InChI is InChI=1S/C31H29FN4O3S.C29H27FN6O4S2.C29H26FN5O2S2.C20H17N3O3S/c1-31(26-18-23(32)9-12-27(26)37,29(39)34-30-33-13-16-40-30)36-19-22-6-5-21(17-25(22)28(36)38)20-7-10-24(11-8-20)35-14-3-2-4-15-35;30-21-4-8-25(42(31,39)40)24(16-21)26(27(37)34-29-33-11-14-41-29)36-17-20-15-19(3-7-23(20)28(36)38)18-1-5-22(6-2-18)35-12-9-32-10-13-35;30-21-4-8-25(38)24(16-21)26(27(36)33-29-32-11-14-39-29)35-17-20-15-19(3-7-23(20)28(35)37)18-1-5-22(6-2-18)34-12-9-31-10-13-34;1-20(15-8-4-5-9-16(15)24,18(26)22-19-21-10-11-27-19)23-12-13-6-2-3-7-14(13)17(23)25/h5-13,16-18,37H,2-4,14-15,19H2,1H3,(H,33,34,39);1-8,11,14-16,26,32H,9-10,12-13,17H2,(H2,31,39,40)(H,33,34,37);1-8,11,14-16,26,31,38H,9-10,12-13,17H2,(H,32,33,36);2-11,24H,12H2,1H3,(H,21,22,26)/t31-;;;/m0.../s1. The van der Waals surface area contributed by atoms with E-state index in [1.807, 2.05) is 66.7 Å². The first-order valence-electron chi connectivity index (χ1n) is 47.6. The summed E-state index contributed by atoms with van der Waals surface area (Å²) in [4.78, 5) is 137. The van der Waals surface area contributed by atoms with Gasteiger partial charge in [0.2, 0.25) is 10.0 Å². The van der Waals surface area contributed by atoms with Crippen LogP contribution in [-0.2, 0) is 66.5 Å². The maximum Gasteiger partial charge on any atom is 0.256 e. The van der Waals surface area contributed by atoms with Gasteiger partial charge in [-0.05, 0) is 222 Å². The number of halogens is 3. The number of rotatable bonds is 23. The molecule has 10 N–H and O–H groups in total. The first-order chi connectivity index (χ1) is 71.5. The van der Waals surface area contributed by atoms with Crippen molar-refractivity contribution in [2.24, 2.45) is 5.14 Å². The molecule has 11 aromatic carbocycles. The van der Waals surface area contributed by atoms with Crippen molar-refractivity contribution in [2.75, 3.05) is 101 Å². The number of phenols is 2. The number of carbonyl (C=O) groups is 8. The van der Waals surface area contributed by atoms with Crippen LogP contribution in [0.1, 0.15) is 131 Å². The van der Waals surface area contributed by atoms with E-state index in [-0.39, 0.29) is 71.7 Å². The van der Waals surface area contributed by atoms with Gasteiger partial charge in [0.05, 0.1) is 4.90 Å². The number of para-hydroxylation sites is 1. The quantitative estimate of drug-likeness (QED) is 0.0266. The summed E-state index contributed by atoms with van der Waals surface area (Å²) in [5.74, 6) is -5.88. The number of piperidine rings is 1. The van der Waals surface area contributed by atoms with Gasteiger partial charge >= 0.3 is 0 Å². The van der Waals surface area contributed by atoms with Gasteiger partial charge in [0.25, 0.3) is 47.3 Å². The van der Waals surface area contributed by atoms with Crippen LogP contribution in [0.3, 0.4) is 0 Å². The van der Waals surface area contributed by atoms with Crippen molar-refractivity contribution >= 4 is 153 Å². The number of nitrogens with zero attached hydrogens (tertiary/aromatic N) is 11. The van der Waals surface area contributed by atoms with E-state index in [1.165, 1.54) is 128 Å². The van der Waals surface area contributed by atoms with Gasteiger partial charge in [-0.1, -0.05) is 97.1 Å². The number of anilines is 7. The minimum Gasteiger partial charge on any atom is -0.508 e. The number of phenolic OH excluding ortho intramolecular Hbond substituents is 2. The highest BCUT2D eigenvalue weighted by molar-refractivity contribution is 7.89. The van der Waals surface area contributed by atoms with Crippen LogP contribution in [0.2, 0.25) is 0 Å². The summed E-state index contributed by atoms with van der Waals surface area (Å²) in [6.45, 7) is 13.6. The number of thiazole rings is 4. The molecule has 39 heteroatoms. The number of nitrogens with one attached hydrogen (secondary N) is 6. The molecule has 7 aliphatic heterocycles. The van der Waals surface area contributed by atoms with Crippen LogP contribution < -0.4 is 51.7 Å². The van der Waals surface area contributed by atoms with Gasteiger partial charge in [0.1, 0.15) is 52.1 Å². The van der Waals surface area contributed by atoms with Gasteiger partial charge in [0.15, 0.2) is 20.5 Å². The second kappa shape index (κ2) is 43.8. The number of hydrogen-bond acceptors (Lipinski definition) is 26. The smallest absolute Gasteiger partial charge is 0.256 e. The maximum absolute atomic E-state index is 14.5. The molecule has 11 heterocycles. The summed E-state index contributed by atoms with van der Waals surface area (Å²) in [5, 5.41) is 52.5. The van der Waals surface area contributed by atoms with Crippen LogP contribution in [0, 0.1) is 17.5 Å². The van der Waals surface area contributed by atoms with Gasteiger partial charge in [0, 0.05) is 204 Å². The van der Waals surface area contributed by atoms with Crippen LogP contribution >= 0.6 is 58.0 Å². The molecule has 7 aliphatic rings. The molecule has 22 rings (SSSR count). The fourth-order valence-corrected chi connectivity index (χ4v) is 22.8. The SMILES string of the molecule is CC(C(=O)Nc1nccs1)(c1ccccc1O)N1Cc2ccccc2C1=O.C[C@@](C(=O)Nc1nccs1)(c1cc(F)ccc1O)N1Cc2ccc(-c3ccc(N4CCCCC4)cc3)cc2C1=O.NS(=O)(=O)c1ccc(F)cc1C(C(=O)Nc1nccs1)N1Cc2cc(-c3ccc(N4CCNCC4)cc3)ccc2C1=O.O=C(Nc1nccs1)C(c1cc(F)ccc1S)N1Cc2cc(-c3ccc(N4CCNCC4)cc3)ccc2C1=O. The summed E-state index contributed by atoms with van der Waals surface area (Å²) < 4.78 is 68.1. The monoisotopic (exact) mass is 2100 g/mol. The molecule has 0 aliphatic carbocycles. The van der Waals surface area contributed by atoms with Crippen molar-refractivity contribution in [1.82, 2.24) is 50.2 Å². The second-order valence-electron chi connectivity index (χ2n) is 36.4. The summed E-state index contributed by atoms with van der Waals surface area (Å²) in [5.41, 5.74) is 11.6. The average molecular weight is 2100 g/mol. The summed E-state index contributed by atoms with van der Waals surface area (Å²) >= 11 is 9.41. The largest absolute Gasteiger partial charge is 0.508 e. The molecule has 8 amide bonds. The zero-order chi connectivity index (χ0) is 103. The molecule has 15 aromatic rings. The molecular weight excluding hydrogens is 2000 g/mol. The predicted octanol–water partition coefficient (Wildman–Crippen LogP) is 17.8. The Morgan fingerprint density at radius 2 is 0.784 bits per heavy atom. The van der Waals surface area contributed by atoms with Crippen LogP contribution in [0.4, 0.5) is 50.8 Å². The summed E-state index contributed by atoms with van der Waals surface area (Å²) in [6.07, 6.45) is 9.90. The predicted molar refractivity (Wildman–Crippen MR) is 569 cm³/mol. The van der Waals surface area contributed by atoms with Crippen molar-refractivity contribution < 1.29 is 70.2 Å². The van der Waals surface area contributed by atoms with E-state index in [0.717, 1.165) is 163 Å². The number of amides is 8. The number of fused-ring (bicyclic) bond motifs is 4. The molecule has 148 heavy (non-hydrogen) atoms. The maximum atomic E-state index is 14.5. The number of aromatic nitrogens is 4. The van der Waals surface area contributed by atoms with Crippen molar-refractivity contribution in [3.63, 3.8) is 0 Å². The molecule has 0 radical (unpaired) electrons. The highest BCUT2D eigenvalue weighted by atomic mass is 32.2. The number of thiol groups is 1. The number of aromatic hydroxyl groups is 2. The average Bonchev–Trinajstić information content (AvgIpc) is 1.58. The Morgan fingerprint density at radius 3 is 1.26 bits per heavy atom. The first-order valence-corrected chi connectivity index (χ1v) is 53.1. The lowest BCUT2D eigenvalue weighted by Crippen LogP contribution is -2.52. The van der Waals surface area contributed by atoms with Gasteiger partial charge in [-0.3, -0.25) is 59.6 Å². The highest BCUT2D eigenvalue weighted by Gasteiger charge is 2.52. The Labute approximate surface area is 871 Å². The minimum atomic E-state index is -4.36. The Kier molecular flexibility index (Phi) is 30.0. The van der Waals surface area contributed by atoms with Crippen molar-refractivity contribution in [1.29, 1.82) is 0 Å². The van der Waals surface area contributed by atoms with Crippen LogP contribution in [0.5, 0.6) is 11.5 Å². The van der Waals surface area contributed by atoms with E-state index >= 15 is 0 Å². The molecule has 3 unspecified atom stereocenters. The van der Waals surface area contributed by atoms with Gasteiger partial charge in [-0.15, -0.1) is 58.0 Å². The Morgan fingerprint density at radius 1 is 0.399 bits per heavy atom. The number of primary sulfonamides is 1.